The van der Waals surface area contributed by atoms with Crippen molar-refractivity contribution in [3.63, 3.8) is 0 Å². The highest BCUT2D eigenvalue weighted by atomic mass is 31.2. The van der Waals surface area contributed by atoms with Crippen molar-refractivity contribution in [2.75, 3.05) is 47.5 Å². The van der Waals surface area contributed by atoms with E-state index >= 15 is 0 Å². The van der Waals surface area contributed by atoms with Gasteiger partial charge < -0.3 is 18.9 Å². The number of unbranched alkanes of at least 4 members (excludes halogenated alkanes) is 61. The predicted molar refractivity (Wildman–Crippen MR) is 391 cm³/mol. The molecule has 0 saturated carbocycles. The number of phosphoric ester groups is 1. The van der Waals surface area contributed by atoms with Gasteiger partial charge in [0.2, 0.25) is 0 Å². The van der Waals surface area contributed by atoms with Crippen LogP contribution < -0.4 is 0 Å². The van der Waals surface area contributed by atoms with Gasteiger partial charge in [-0.2, -0.15) is 0 Å². The van der Waals surface area contributed by atoms with Crippen molar-refractivity contribution in [3.05, 3.63) is 12.2 Å². The summed E-state index contributed by atoms with van der Waals surface area (Å²) < 4.78 is 34.8. The molecule has 0 spiro atoms. The average Bonchev–Trinajstić information content (AvgIpc) is 3.58. The minimum absolute atomic E-state index is 0.0361. The Labute approximate surface area is 562 Å². The van der Waals surface area contributed by atoms with Gasteiger partial charge in [0.1, 0.15) is 19.8 Å². The molecule has 0 aliphatic heterocycles. The number of esters is 2. The number of phosphoric acid groups is 1. The van der Waals surface area contributed by atoms with Gasteiger partial charge in [-0.1, -0.05) is 398 Å². The summed E-state index contributed by atoms with van der Waals surface area (Å²) in [5.74, 6) is -0.770. The van der Waals surface area contributed by atoms with E-state index in [2.05, 4.69) is 26.0 Å². The van der Waals surface area contributed by atoms with Crippen LogP contribution in [0.1, 0.15) is 438 Å². The van der Waals surface area contributed by atoms with Crippen LogP contribution in [-0.4, -0.2) is 74.9 Å². The molecule has 0 saturated heterocycles. The third-order valence-corrected chi connectivity index (χ3v) is 19.8. The van der Waals surface area contributed by atoms with Crippen LogP contribution in [0.5, 0.6) is 0 Å². The highest BCUT2D eigenvalue weighted by molar-refractivity contribution is 7.47. The van der Waals surface area contributed by atoms with E-state index in [-0.39, 0.29) is 25.6 Å². The molecule has 0 aliphatic carbocycles. The first kappa shape index (κ1) is 88.8. The molecule has 9 nitrogen and oxygen atoms in total. The van der Waals surface area contributed by atoms with E-state index in [0.717, 1.165) is 32.1 Å². The lowest BCUT2D eigenvalue weighted by atomic mass is 10.0. The second-order valence-electron chi connectivity index (χ2n) is 29.2. The monoisotopic (exact) mass is 1290 g/mol. The molecule has 536 valence electrons. The lowest BCUT2D eigenvalue weighted by molar-refractivity contribution is -0.870. The second-order valence-corrected chi connectivity index (χ2v) is 30.6. The SMILES string of the molecule is CCCCCCCCCC/C=C\CCCCCCCCCCCCCCCC(=O)OC(COC(=O)CCCCCCCCCCCCCCCCCCCCCCCCCCCCCCCCCCCCCCCCCCC)COP(=O)(O)OCC[N+](C)(C)C. The van der Waals surface area contributed by atoms with Crippen LogP contribution in [0, 0.1) is 0 Å². The summed E-state index contributed by atoms with van der Waals surface area (Å²) in [6, 6.07) is 0. The first-order valence-corrected chi connectivity index (χ1v) is 41.9. The molecule has 0 aromatic heterocycles. The molecule has 2 unspecified atom stereocenters. The topological polar surface area (TPSA) is 108 Å². The Kier molecular flexibility index (Phi) is 71.0. The predicted octanol–water partition coefficient (Wildman–Crippen LogP) is 26.6. The van der Waals surface area contributed by atoms with Gasteiger partial charge in [-0.3, -0.25) is 18.6 Å². The van der Waals surface area contributed by atoms with Gasteiger partial charge in [0.25, 0.3) is 0 Å². The van der Waals surface area contributed by atoms with E-state index in [1.54, 1.807) is 0 Å². The largest absolute Gasteiger partial charge is 0.472 e. The van der Waals surface area contributed by atoms with Crippen LogP contribution in [-0.2, 0) is 32.7 Å². The molecule has 0 aromatic rings. The number of ether oxygens (including phenoxy) is 2. The Morgan fingerprint density at radius 3 is 0.822 bits per heavy atom. The van der Waals surface area contributed by atoms with Crippen molar-refractivity contribution in [1.29, 1.82) is 0 Å². The number of hydrogen-bond donors (Lipinski definition) is 1. The molecule has 90 heavy (non-hydrogen) atoms. The smallest absolute Gasteiger partial charge is 0.462 e. The minimum atomic E-state index is -4.39. The normalized spacial score (nSPS) is 13.0. The summed E-state index contributed by atoms with van der Waals surface area (Å²) >= 11 is 0. The quantitative estimate of drug-likeness (QED) is 0.0211. The zero-order valence-corrected chi connectivity index (χ0v) is 62.3. The number of hydrogen-bond acceptors (Lipinski definition) is 7. The zero-order chi connectivity index (χ0) is 65.5. The maximum Gasteiger partial charge on any atom is 0.472 e. The summed E-state index contributed by atoms with van der Waals surface area (Å²) in [7, 11) is 1.50. The van der Waals surface area contributed by atoms with E-state index < -0.39 is 26.5 Å². The summed E-state index contributed by atoms with van der Waals surface area (Å²) in [5.41, 5.74) is 0. The minimum Gasteiger partial charge on any atom is -0.462 e. The fourth-order valence-electron chi connectivity index (χ4n) is 12.6. The molecule has 0 heterocycles. The molecule has 0 rings (SSSR count). The molecule has 2 atom stereocenters. The van der Waals surface area contributed by atoms with E-state index in [1.807, 2.05) is 21.1 Å². The van der Waals surface area contributed by atoms with Crippen LogP contribution in [0.3, 0.4) is 0 Å². The molecule has 0 fully saturated rings. The fourth-order valence-corrected chi connectivity index (χ4v) is 13.3. The standard InChI is InChI=1S/C80H158NO8P/c1-6-8-10-12-14-16-18-20-22-24-26-28-30-32-33-34-35-36-37-38-39-40-41-42-43-44-45-46-47-49-50-52-54-56-58-60-62-64-66-68-70-72-79(82)86-76-78(77-88-90(84,85)87-75-74-81(3,4)5)89-80(83)73-71-69-67-65-63-61-59-57-55-53-51-48-31-29-27-25-23-21-19-17-15-13-11-9-7-2/h25,27,78H,6-24,26,28-77H2,1-5H3/p+1/b27-25-. The van der Waals surface area contributed by atoms with Gasteiger partial charge in [0.15, 0.2) is 6.10 Å². The third-order valence-electron chi connectivity index (χ3n) is 18.8. The Bertz CT molecular complexity index is 1520. The molecular formula is C80H159NO8P+. The molecular weight excluding hydrogens is 1130 g/mol. The molecule has 0 bridgehead atoms. The maximum absolute atomic E-state index is 12.9. The van der Waals surface area contributed by atoms with E-state index in [0.29, 0.717) is 23.9 Å². The van der Waals surface area contributed by atoms with E-state index in [1.165, 1.54) is 372 Å². The molecule has 0 aromatic carbocycles. The molecule has 0 radical (unpaired) electrons. The molecule has 0 aliphatic rings. The highest BCUT2D eigenvalue weighted by Gasteiger charge is 2.27. The highest BCUT2D eigenvalue weighted by Crippen LogP contribution is 2.43. The molecule has 10 heteroatoms. The van der Waals surface area contributed by atoms with Crippen molar-refractivity contribution in [2.45, 2.75) is 444 Å². The van der Waals surface area contributed by atoms with Crippen LogP contribution in [0.25, 0.3) is 0 Å². The summed E-state index contributed by atoms with van der Waals surface area (Å²) in [6.07, 6.45) is 91.0. The van der Waals surface area contributed by atoms with Crippen molar-refractivity contribution in [2.24, 2.45) is 0 Å². The average molecular weight is 1290 g/mol. The van der Waals surface area contributed by atoms with Crippen molar-refractivity contribution in [1.82, 2.24) is 0 Å². The Hall–Kier alpha value is -1.25. The first-order valence-electron chi connectivity index (χ1n) is 40.4. The number of rotatable bonds is 77. The zero-order valence-electron chi connectivity index (χ0n) is 61.4. The van der Waals surface area contributed by atoms with Crippen molar-refractivity contribution in [3.8, 4) is 0 Å². The Morgan fingerprint density at radius 1 is 0.333 bits per heavy atom. The first-order chi connectivity index (χ1) is 44.0. The van der Waals surface area contributed by atoms with E-state index in [4.69, 9.17) is 18.5 Å². The van der Waals surface area contributed by atoms with Gasteiger partial charge >= 0.3 is 19.8 Å². The lowest BCUT2D eigenvalue weighted by Crippen LogP contribution is -2.37. The van der Waals surface area contributed by atoms with E-state index in [9.17, 15) is 19.0 Å². The van der Waals surface area contributed by atoms with Crippen molar-refractivity contribution < 1.29 is 42.1 Å². The van der Waals surface area contributed by atoms with Crippen LogP contribution in [0.15, 0.2) is 12.2 Å². The van der Waals surface area contributed by atoms with Gasteiger partial charge in [0.05, 0.1) is 27.7 Å². The van der Waals surface area contributed by atoms with Crippen LogP contribution in [0.4, 0.5) is 0 Å². The Balaban J connectivity index is 3.84. The Morgan fingerprint density at radius 2 is 0.567 bits per heavy atom. The number of carbonyl (C=O) groups is 2. The van der Waals surface area contributed by atoms with Gasteiger partial charge in [-0.15, -0.1) is 0 Å². The van der Waals surface area contributed by atoms with Crippen molar-refractivity contribution >= 4 is 19.8 Å². The maximum atomic E-state index is 12.9. The van der Waals surface area contributed by atoms with Crippen LogP contribution in [0.2, 0.25) is 0 Å². The van der Waals surface area contributed by atoms with Crippen LogP contribution >= 0.6 is 7.82 Å². The summed E-state index contributed by atoms with van der Waals surface area (Å²) in [4.78, 5) is 35.9. The number of quaternary nitrogens is 1. The molecule has 1 N–H and O–H groups in total. The van der Waals surface area contributed by atoms with Gasteiger partial charge in [-0.05, 0) is 38.5 Å². The second kappa shape index (κ2) is 72.0. The number of likely N-dealkylation sites (N-methyl/N-ethyl adjacent to an activating group) is 1. The fraction of sp³-hybridized carbons (Fsp3) is 0.950. The molecule has 0 amide bonds. The number of nitrogens with zero attached hydrogens (tertiary/aromatic N) is 1. The lowest BCUT2D eigenvalue weighted by Gasteiger charge is -2.24. The summed E-state index contributed by atoms with van der Waals surface area (Å²) in [5, 5.41) is 0. The van der Waals surface area contributed by atoms with Gasteiger partial charge in [-0.25, -0.2) is 4.57 Å². The van der Waals surface area contributed by atoms with Gasteiger partial charge in [0, 0.05) is 12.8 Å². The third kappa shape index (κ3) is 75.8. The summed E-state index contributed by atoms with van der Waals surface area (Å²) in [6.45, 7) is 4.53. The number of allylic oxidation sites excluding steroid dienone is 2. The number of carbonyl (C=O) groups excluding carboxylic acids is 2.